The zero-order chi connectivity index (χ0) is 13.1. The molecule has 1 heterocycles. The number of rotatable bonds is 3. The van der Waals surface area contributed by atoms with Gasteiger partial charge >= 0.3 is 0 Å². The number of amides is 2. The van der Waals surface area contributed by atoms with Crippen LogP contribution in [0.1, 0.15) is 18.4 Å². The van der Waals surface area contributed by atoms with E-state index in [0.717, 1.165) is 5.56 Å². The second kappa shape index (κ2) is 5.18. The van der Waals surface area contributed by atoms with E-state index in [4.69, 9.17) is 0 Å². The Hall–Kier alpha value is -1.88. The first kappa shape index (κ1) is 12.6. The van der Waals surface area contributed by atoms with Crippen LogP contribution in [-0.2, 0) is 9.59 Å². The molecule has 1 aliphatic heterocycles. The number of piperazine rings is 1. The van der Waals surface area contributed by atoms with Crippen LogP contribution in [0.5, 0.6) is 0 Å². The summed E-state index contributed by atoms with van der Waals surface area (Å²) in [6, 6.07) is 7.36. The number of hydrogen-bond donors (Lipinski definition) is 2. The second-order valence-corrected chi connectivity index (χ2v) is 4.40. The van der Waals surface area contributed by atoms with Crippen LogP contribution in [0.2, 0.25) is 0 Å². The van der Waals surface area contributed by atoms with Gasteiger partial charge in [0, 0.05) is 18.2 Å². The van der Waals surface area contributed by atoms with Gasteiger partial charge in [-0.3, -0.25) is 9.59 Å². The maximum Gasteiger partial charge on any atom is 0.246 e. The Labute approximate surface area is 105 Å². The van der Waals surface area contributed by atoms with Crippen LogP contribution in [0.15, 0.2) is 24.3 Å². The topological polar surface area (TPSA) is 69.6 Å². The molecule has 96 valence electrons. The second-order valence-electron chi connectivity index (χ2n) is 4.40. The molecule has 18 heavy (non-hydrogen) atoms. The number of nitrogens with zero attached hydrogens (tertiary/aromatic N) is 1. The molecule has 0 radical (unpaired) electrons. The molecule has 2 amide bonds. The van der Waals surface area contributed by atoms with E-state index in [-0.39, 0.29) is 37.4 Å². The van der Waals surface area contributed by atoms with E-state index in [9.17, 15) is 14.7 Å². The minimum Gasteiger partial charge on any atom is -0.396 e. The Morgan fingerprint density at radius 1 is 1.39 bits per heavy atom. The number of carbonyl (C=O) groups excluding carboxylic acids is 2. The Kier molecular flexibility index (Phi) is 3.62. The predicted octanol–water partition coefficient (Wildman–Crippen LogP) is 0.245. The monoisotopic (exact) mass is 248 g/mol. The summed E-state index contributed by atoms with van der Waals surface area (Å²) in [4.78, 5) is 24.7. The van der Waals surface area contributed by atoms with E-state index >= 15 is 0 Å². The van der Waals surface area contributed by atoms with E-state index in [1.807, 2.05) is 25.1 Å². The fourth-order valence-corrected chi connectivity index (χ4v) is 2.03. The molecule has 1 aromatic carbocycles. The number of hydrogen-bond acceptors (Lipinski definition) is 3. The van der Waals surface area contributed by atoms with Crippen molar-refractivity contribution in [2.24, 2.45) is 0 Å². The molecular weight excluding hydrogens is 232 g/mol. The number of aliphatic hydroxyl groups is 1. The van der Waals surface area contributed by atoms with Crippen molar-refractivity contribution in [3.63, 3.8) is 0 Å². The Balaban J connectivity index is 2.37. The summed E-state index contributed by atoms with van der Waals surface area (Å²) in [5, 5.41) is 11.8. The fourth-order valence-electron chi connectivity index (χ4n) is 2.03. The average Bonchev–Trinajstić information content (AvgIpc) is 2.40. The summed E-state index contributed by atoms with van der Waals surface area (Å²) in [5.74, 6) is -0.368. The van der Waals surface area contributed by atoms with Gasteiger partial charge in [-0.25, -0.2) is 0 Å². The summed E-state index contributed by atoms with van der Waals surface area (Å²) in [6.07, 6.45) is 0. The Bertz CT molecular complexity index is 473. The maximum absolute atomic E-state index is 11.9. The van der Waals surface area contributed by atoms with Gasteiger partial charge in [-0.2, -0.15) is 0 Å². The first-order chi connectivity index (χ1) is 8.63. The smallest absolute Gasteiger partial charge is 0.246 e. The molecule has 5 heteroatoms. The highest BCUT2D eigenvalue weighted by atomic mass is 16.3. The van der Waals surface area contributed by atoms with Gasteiger partial charge in [0.2, 0.25) is 11.8 Å². The van der Waals surface area contributed by atoms with Gasteiger partial charge < -0.3 is 15.3 Å². The van der Waals surface area contributed by atoms with Crippen molar-refractivity contribution in [2.45, 2.75) is 12.8 Å². The van der Waals surface area contributed by atoms with Gasteiger partial charge in [0.1, 0.15) is 6.54 Å². The molecule has 0 saturated carbocycles. The molecule has 0 spiro atoms. The molecule has 2 N–H and O–H groups in total. The lowest BCUT2D eigenvalue weighted by atomic mass is 9.99. The number of benzene rings is 1. The molecule has 1 saturated heterocycles. The van der Waals surface area contributed by atoms with Crippen molar-refractivity contribution < 1.29 is 14.7 Å². The summed E-state index contributed by atoms with van der Waals surface area (Å²) < 4.78 is 0. The Morgan fingerprint density at radius 3 is 2.83 bits per heavy atom. The largest absolute Gasteiger partial charge is 0.396 e. The number of aliphatic hydroxyl groups excluding tert-OH is 1. The molecule has 0 bridgehead atoms. The highest BCUT2D eigenvalue weighted by Crippen LogP contribution is 2.27. The standard InChI is InChI=1S/C13H16N2O3/c1-9(8-16)10-4-2-3-5-11(10)15-7-12(17)14-6-13(15)18/h2-5,9,16H,6-8H2,1H3,(H,14,17). The van der Waals surface area contributed by atoms with Crippen LogP contribution < -0.4 is 10.2 Å². The van der Waals surface area contributed by atoms with E-state index in [0.29, 0.717) is 5.69 Å². The average molecular weight is 248 g/mol. The highest BCUT2D eigenvalue weighted by Gasteiger charge is 2.26. The SMILES string of the molecule is CC(CO)c1ccccc1N1CC(=O)NCC1=O. The Morgan fingerprint density at radius 2 is 2.11 bits per heavy atom. The van der Waals surface area contributed by atoms with E-state index < -0.39 is 0 Å². The van der Waals surface area contributed by atoms with Gasteiger partial charge in [0.25, 0.3) is 0 Å². The van der Waals surface area contributed by atoms with Gasteiger partial charge in [-0.15, -0.1) is 0 Å². The minimum absolute atomic E-state index is 0.00520. The van der Waals surface area contributed by atoms with Crippen LogP contribution >= 0.6 is 0 Å². The quantitative estimate of drug-likeness (QED) is 0.805. The molecule has 0 aromatic heterocycles. The lowest BCUT2D eigenvalue weighted by Crippen LogP contribution is -2.52. The normalized spacial score (nSPS) is 17.6. The highest BCUT2D eigenvalue weighted by molar-refractivity contribution is 6.04. The van der Waals surface area contributed by atoms with Crippen LogP contribution in [0.25, 0.3) is 0 Å². The number of carbonyl (C=O) groups is 2. The molecular formula is C13H16N2O3. The minimum atomic E-state index is -0.166. The zero-order valence-corrected chi connectivity index (χ0v) is 10.2. The number of anilines is 1. The molecule has 1 unspecified atom stereocenters. The first-order valence-electron chi connectivity index (χ1n) is 5.90. The van der Waals surface area contributed by atoms with E-state index in [1.165, 1.54) is 4.90 Å². The molecule has 1 atom stereocenters. The third-order valence-electron chi connectivity index (χ3n) is 3.07. The molecule has 5 nitrogen and oxygen atoms in total. The van der Waals surface area contributed by atoms with Crippen LogP contribution in [0.3, 0.4) is 0 Å². The van der Waals surface area contributed by atoms with Crippen molar-refractivity contribution >= 4 is 17.5 Å². The molecule has 2 rings (SSSR count). The molecule has 1 aliphatic rings. The van der Waals surface area contributed by atoms with Crippen molar-refractivity contribution in [2.75, 3.05) is 24.6 Å². The van der Waals surface area contributed by atoms with Gasteiger partial charge in [-0.1, -0.05) is 25.1 Å². The third kappa shape index (κ3) is 2.36. The maximum atomic E-state index is 11.9. The molecule has 1 fully saturated rings. The summed E-state index contributed by atoms with van der Waals surface area (Å²) in [5.41, 5.74) is 1.59. The van der Waals surface area contributed by atoms with Crippen LogP contribution in [-0.4, -0.2) is 36.6 Å². The predicted molar refractivity (Wildman–Crippen MR) is 67.3 cm³/mol. The summed E-state index contributed by atoms with van der Waals surface area (Å²) in [7, 11) is 0. The first-order valence-corrected chi connectivity index (χ1v) is 5.90. The lowest BCUT2D eigenvalue weighted by molar-refractivity contribution is -0.128. The summed E-state index contributed by atoms with van der Waals surface area (Å²) in [6.45, 7) is 1.95. The van der Waals surface area contributed by atoms with Crippen molar-refractivity contribution in [3.8, 4) is 0 Å². The molecule has 0 aliphatic carbocycles. The van der Waals surface area contributed by atoms with Gasteiger partial charge in [-0.05, 0) is 11.6 Å². The van der Waals surface area contributed by atoms with Crippen molar-refractivity contribution in [1.29, 1.82) is 0 Å². The summed E-state index contributed by atoms with van der Waals surface area (Å²) >= 11 is 0. The van der Waals surface area contributed by atoms with Crippen molar-refractivity contribution in [1.82, 2.24) is 5.32 Å². The lowest BCUT2D eigenvalue weighted by Gasteiger charge is -2.29. The zero-order valence-electron chi connectivity index (χ0n) is 10.2. The van der Waals surface area contributed by atoms with E-state index in [1.54, 1.807) is 6.07 Å². The van der Waals surface area contributed by atoms with E-state index in [2.05, 4.69) is 5.32 Å². The molecule has 1 aromatic rings. The number of nitrogens with one attached hydrogen (secondary N) is 1. The van der Waals surface area contributed by atoms with Crippen LogP contribution in [0.4, 0.5) is 5.69 Å². The van der Waals surface area contributed by atoms with Crippen molar-refractivity contribution in [3.05, 3.63) is 29.8 Å². The van der Waals surface area contributed by atoms with Crippen LogP contribution in [0, 0.1) is 0 Å². The van der Waals surface area contributed by atoms with Gasteiger partial charge in [0.05, 0.1) is 6.54 Å². The fraction of sp³-hybridized carbons (Fsp3) is 0.385. The third-order valence-corrected chi connectivity index (χ3v) is 3.07. The number of para-hydroxylation sites is 1. The van der Waals surface area contributed by atoms with Gasteiger partial charge in [0.15, 0.2) is 0 Å².